The maximum Gasteiger partial charge on any atom is 0.441 e. The third kappa shape index (κ3) is 4.77. The van der Waals surface area contributed by atoms with Gasteiger partial charge in [0.1, 0.15) is 5.60 Å². The number of amides is 1. The fraction of sp³-hybridized carbons (Fsp3) is 0.875. The van der Waals surface area contributed by atoms with E-state index in [0.717, 1.165) is 0 Å². The van der Waals surface area contributed by atoms with E-state index in [1.165, 1.54) is 14.0 Å². The fourth-order valence-corrected chi connectivity index (χ4v) is 1.65. The molecule has 0 rings (SSSR count). The van der Waals surface area contributed by atoms with E-state index in [4.69, 9.17) is 4.74 Å². The average molecular weight is 254 g/mol. The summed E-state index contributed by atoms with van der Waals surface area (Å²) < 4.78 is 32.5. The molecule has 96 valence electrons. The molecule has 0 aromatic rings. The number of rotatable bonds is 4. The maximum atomic E-state index is 11.5. The van der Waals surface area contributed by atoms with Crippen molar-refractivity contribution in [3.05, 3.63) is 0 Å². The van der Waals surface area contributed by atoms with Gasteiger partial charge in [0, 0.05) is 7.05 Å². The van der Waals surface area contributed by atoms with Crippen molar-refractivity contribution in [2.24, 2.45) is 0 Å². The van der Waals surface area contributed by atoms with Crippen molar-refractivity contribution in [1.82, 2.24) is 9.84 Å². The molecule has 0 aliphatic rings. The first-order chi connectivity index (χ1) is 7.14. The van der Waals surface area contributed by atoms with Crippen LogP contribution in [0.15, 0.2) is 0 Å². The number of hydrogen-bond donors (Lipinski definition) is 1. The fourth-order valence-electron chi connectivity index (χ4n) is 0.799. The zero-order valence-electron chi connectivity index (χ0n) is 10.1. The van der Waals surface area contributed by atoms with Crippen molar-refractivity contribution < 1.29 is 22.1 Å². The Kier molecular flexibility index (Phi) is 5.17. The third-order valence-electron chi connectivity index (χ3n) is 1.25. The van der Waals surface area contributed by atoms with Crippen LogP contribution in [0.5, 0.6) is 0 Å². The highest BCUT2D eigenvalue weighted by Gasteiger charge is 2.31. The van der Waals surface area contributed by atoms with Gasteiger partial charge in [-0.1, -0.05) is 0 Å². The van der Waals surface area contributed by atoms with Crippen LogP contribution in [0.25, 0.3) is 0 Å². The lowest BCUT2D eigenvalue weighted by Crippen LogP contribution is -2.48. The molecule has 0 spiro atoms. The molecule has 0 bridgehead atoms. The minimum Gasteiger partial charge on any atom is -0.442 e. The molecule has 0 atom stereocenters. The highest BCUT2D eigenvalue weighted by molar-refractivity contribution is 7.84. The number of nitrogens with one attached hydrogen (secondary N) is 1. The second kappa shape index (κ2) is 5.46. The van der Waals surface area contributed by atoms with Gasteiger partial charge in [0.15, 0.2) is 0 Å². The minimum atomic E-state index is -4.15. The number of ether oxygens (including phenoxy) is 1. The largest absolute Gasteiger partial charge is 0.442 e. The summed E-state index contributed by atoms with van der Waals surface area (Å²) in [7, 11) is -2.87. The molecule has 0 saturated heterocycles. The van der Waals surface area contributed by atoms with Crippen LogP contribution in [0.1, 0.15) is 27.7 Å². The Morgan fingerprint density at radius 3 is 2.19 bits per heavy atom. The van der Waals surface area contributed by atoms with Gasteiger partial charge in [0.2, 0.25) is 0 Å². The van der Waals surface area contributed by atoms with E-state index >= 15 is 0 Å². The molecule has 0 heterocycles. The van der Waals surface area contributed by atoms with Crippen LogP contribution in [0.3, 0.4) is 0 Å². The topological polar surface area (TPSA) is 84.9 Å². The lowest BCUT2D eigenvalue weighted by atomic mass is 10.2. The summed E-state index contributed by atoms with van der Waals surface area (Å²) >= 11 is 0. The highest BCUT2D eigenvalue weighted by atomic mass is 32.2. The van der Waals surface area contributed by atoms with Crippen LogP contribution >= 0.6 is 0 Å². The van der Waals surface area contributed by atoms with Crippen molar-refractivity contribution in [2.45, 2.75) is 33.3 Å². The van der Waals surface area contributed by atoms with E-state index in [2.05, 4.69) is 9.61 Å². The predicted octanol–water partition coefficient (Wildman–Crippen LogP) is 0.639. The van der Waals surface area contributed by atoms with Crippen molar-refractivity contribution >= 4 is 16.4 Å². The van der Waals surface area contributed by atoms with Crippen LogP contribution in [-0.4, -0.2) is 38.2 Å². The molecule has 0 saturated carbocycles. The SMILES string of the molecule is CCOS(=O)(=O)N(NC)C(=O)OC(C)(C)C. The Labute approximate surface area is 95.9 Å². The summed E-state index contributed by atoms with van der Waals surface area (Å²) in [4.78, 5) is 11.5. The Morgan fingerprint density at radius 2 is 1.88 bits per heavy atom. The molecule has 16 heavy (non-hydrogen) atoms. The highest BCUT2D eigenvalue weighted by Crippen LogP contribution is 2.11. The lowest BCUT2D eigenvalue weighted by Gasteiger charge is -2.25. The monoisotopic (exact) mass is 254 g/mol. The smallest absolute Gasteiger partial charge is 0.441 e. The second-order valence-corrected chi connectivity index (χ2v) is 5.29. The normalized spacial score (nSPS) is 12.3. The van der Waals surface area contributed by atoms with Crippen LogP contribution < -0.4 is 5.43 Å². The molecular weight excluding hydrogens is 236 g/mol. The zero-order valence-corrected chi connectivity index (χ0v) is 10.9. The number of nitrogens with zero attached hydrogens (tertiary/aromatic N) is 1. The molecule has 0 aliphatic carbocycles. The van der Waals surface area contributed by atoms with Gasteiger partial charge in [-0.05, 0) is 27.7 Å². The first-order valence-corrected chi connectivity index (χ1v) is 6.10. The number of carbonyl (C=O) groups is 1. The second-order valence-electron chi connectivity index (χ2n) is 3.83. The Morgan fingerprint density at radius 1 is 1.38 bits per heavy atom. The summed E-state index contributed by atoms with van der Waals surface area (Å²) in [6.45, 7) is 6.33. The number of hydrazine groups is 1. The molecule has 0 radical (unpaired) electrons. The number of hydrogen-bond acceptors (Lipinski definition) is 6. The van der Waals surface area contributed by atoms with E-state index in [9.17, 15) is 13.2 Å². The van der Waals surface area contributed by atoms with Gasteiger partial charge in [-0.2, -0.15) is 8.42 Å². The molecule has 0 unspecified atom stereocenters. The first kappa shape index (κ1) is 15.1. The molecule has 0 aromatic carbocycles. The zero-order chi connectivity index (χ0) is 13.0. The lowest BCUT2D eigenvalue weighted by molar-refractivity contribution is 0.0316. The minimum absolute atomic E-state index is 0.0662. The predicted molar refractivity (Wildman–Crippen MR) is 57.7 cm³/mol. The van der Waals surface area contributed by atoms with Crippen molar-refractivity contribution in [2.75, 3.05) is 13.7 Å². The van der Waals surface area contributed by atoms with Crippen LogP contribution in [0.2, 0.25) is 0 Å². The van der Waals surface area contributed by atoms with Gasteiger partial charge >= 0.3 is 16.4 Å². The summed E-state index contributed by atoms with van der Waals surface area (Å²) in [5.74, 6) is 0. The summed E-state index contributed by atoms with van der Waals surface area (Å²) in [5.41, 5.74) is 1.41. The van der Waals surface area contributed by atoms with Crippen molar-refractivity contribution in [3.8, 4) is 0 Å². The summed E-state index contributed by atoms with van der Waals surface area (Å²) in [6, 6.07) is 0. The van der Waals surface area contributed by atoms with Gasteiger partial charge in [0.25, 0.3) is 0 Å². The van der Waals surface area contributed by atoms with Gasteiger partial charge in [-0.15, -0.1) is 4.41 Å². The molecule has 0 fully saturated rings. The van der Waals surface area contributed by atoms with Gasteiger partial charge in [-0.25, -0.2) is 10.2 Å². The van der Waals surface area contributed by atoms with Crippen molar-refractivity contribution in [1.29, 1.82) is 0 Å². The first-order valence-electron chi connectivity index (χ1n) is 4.74. The number of carbonyl (C=O) groups excluding carboxylic acids is 1. The van der Waals surface area contributed by atoms with Gasteiger partial charge < -0.3 is 4.74 Å². The molecule has 8 heteroatoms. The molecular formula is C8H18N2O5S. The van der Waals surface area contributed by atoms with Crippen LogP contribution in [-0.2, 0) is 19.2 Å². The Balaban J connectivity index is 4.82. The average Bonchev–Trinajstić information content (AvgIpc) is 1.99. The molecule has 0 aromatic heterocycles. The summed E-state index contributed by atoms with van der Waals surface area (Å²) in [6.07, 6.45) is -1.04. The van der Waals surface area contributed by atoms with Crippen molar-refractivity contribution in [3.63, 3.8) is 0 Å². The van der Waals surface area contributed by atoms with E-state index < -0.39 is 22.0 Å². The van der Waals surface area contributed by atoms with Crippen LogP contribution in [0.4, 0.5) is 4.79 Å². The molecule has 7 nitrogen and oxygen atoms in total. The summed E-state index contributed by atoms with van der Waals surface area (Å²) in [5, 5.41) is 0. The van der Waals surface area contributed by atoms with Gasteiger partial charge in [-0.3, -0.25) is 4.18 Å². The van der Waals surface area contributed by atoms with E-state index in [-0.39, 0.29) is 6.61 Å². The van der Waals surface area contributed by atoms with E-state index in [1.54, 1.807) is 20.8 Å². The van der Waals surface area contributed by atoms with Crippen LogP contribution in [0, 0.1) is 0 Å². The van der Waals surface area contributed by atoms with E-state index in [0.29, 0.717) is 4.41 Å². The Hall–Kier alpha value is -0.860. The quantitative estimate of drug-likeness (QED) is 0.741. The molecule has 1 N–H and O–H groups in total. The van der Waals surface area contributed by atoms with Gasteiger partial charge in [0.05, 0.1) is 6.61 Å². The Bertz CT molecular complexity index is 333. The maximum absolute atomic E-state index is 11.5. The standard InChI is InChI=1S/C8H18N2O5S/c1-6-14-16(12,13)10(9-5)7(11)15-8(2,3)4/h9H,6H2,1-5H3. The third-order valence-corrected chi connectivity index (χ3v) is 2.57. The van der Waals surface area contributed by atoms with E-state index in [1.807, 2.05) is 0 Å². The molecule has 1 amide bonds. The molecule has 0 aliphatic heterocycles.